The van der Waals surface area contributed by atoms with E-state index in [4.69, 9.17) is 14.7 Å². The molecule has 2 heterocycles. The lowest BCUT2D eigenvalue weighted by Crippen LogP contribution is -2.37. The molecule has 1 aliphatic heterocycles. The van der Waals surface area contributed by atoms with Crippen LogP contribution in [0.3, 0.4) is 0 Å². The number of amides is 1. The van der Waals surface area contributed by atoms with Crippen LogP contribution in [0.5, 0.6) is 17.2 Å². The van der Waals surface area contributed by atoms with Crippen LogP contribution < -0.4 is 14.4 Å². The predicted molar refractivity (Wildman–Crippen MR) is 109 cm³/mol. The molecule has 9 heteroatoms. The maximum Gasteiger partial charge on any atom is 0.419 e. The summed E-state index contributed by atoms with van der Waals surface area (Å²) in [6.07, 6.45) is -2.86. The Morgan fingerprint density at radius 2 is 1.81 bits per heavy atom. The van der Waals surface area contributed by atoms with Gasteiger partial charge >= 0.3 is 12.3 Å². The lowest BCUT2D eigenvalue weighted by atomic mass is 10.0. The maximum atomic E-state index is 12.9. The molecular weight excluding hydrogens is 423 g/mol. The van der Waals surface area contributed by atoms with Crippen molar-refractivity contribution in [1.82, 2.24) is 4.98 Å². The van der Waals surface area contributed by atoms with E-state index in [9.17, 15) is 18.0 Å². The molecule has 0 bridgehead atoms. The van der Waals surface area contributed by atoms with Crippen molar-refractivity contribution < 1.29 is 27.4 Å². The molecule has 2 aromatic carbocycles. The van der Waals surface area contributed by atoms with Gasteiger partial charge in [0.05, 0.1) is 11.3 Å². The summed E-state index contributed by atoms with van der Waals surface area (Å²) >= 11 is 0. The number of ether oxygens (including phenoxy) is 2. The number of rotatable bonds is 3. The second kappa shape index (κ2) is 8.59. The molecule has 162 valence electrons. The number of halogens is 3. The molecule has 0 saturated carbocycles. The molecule has 0 saturated heterocycles. The zero-order valence-corrected chi connectivity index (χ0v) is 16.6. The number of nitriles is 1. The smallest absolute Gasteiger partial charge is 0.419 e. The van der Waals surface area contributed by atoms with Gasteiger partial charge in [0.2, 0.25) is 0 Å². The summed E-state index contributed by atoms with van der Waals surface area (Å²) in [5.74, 6) is 0.0795. The van der Waals surface area contributed by atoms with Crippen LogP contribution in [0.1, 0.15) is 23.2 Å². The number of pyridine rings is 1. The molecule has 1 aromatic heterocycles. The highest BCUT2D eigenvalue weighted by atomic mass is 19.4. The van der Waals surface area contributed by atoms with Crippen molar-refractivity contribution in [3.8, 4) is 23.3 Å². The van der Waals surface area contributed by atoms with E-state index < -0.39 is 17.8 Å². The Morgan fingerprint density at radius 1 is 1.09 bits per heavy atom. The van der Waals surface area contributed by atoms with E-state index in [0.29, 0.717) is 18.8 Å². The third-order valence-corrected chi connectivity index (χ3v) is 4.87. The molecule has 1 amide bonds. The Bertz CT molecular complexity index is 1190. The average molecular weight is 439 g/mol. The van der Waals surface area contributed by atoms with Gasteiger partial charge in [-0.3, -0.25) is 4.90 Å². The van der Waals surface area contributed by atoms with E-state index in [-0.39, 0.29) is 22.9 Å². The van der Waals surface area contributed by atoms with Crippen molar-refractivity contribution in [3.05, 3.63) is 77.6 Å². The van der Waals surface area contributed by atoms with Crippen LogP contribution in [0, 0.1) is 11.3 Å². The standard InChI is InChI=1S/C23H16F3N3O3/c24-23(25,26)16-12-21(19(13-27)28-14-16)31-17-7-9-18(10-8-17)32-22(30)29-11-3-5-15-4-1-2-6-20(15)29/h1-2,4,6-10,12,14H,3,5,11H2. The number of carbonyl (C=O) groups is 1. The van der Waals surface area contributed by atoms with Crippen LogP contribution in [0.15, 0.2) is 60.8 Å². The number of benzene rings is 2. The molecule has 32 heavy (non-hydrogen) atoms. The average Bonchev–Trinajstić information content (AvgIpc) is 2.79. The third kappa shape index (κ3) is 4.49. The fourth-order valence-corrected chi connectivity index (χ4v) is 3.34. The Kier molecular flexibility index (Phi) is 5.69. The highest BCUT2D eigenvalue weighted by Crippen LogP contribution is 2.34. The van der Waals surface area contributed by atoms with Gasteiger partial charge < -0.3 is 9.47 Å². The predicted octanol–water partition coefficient (Wildman–Crippen LogP) is 5.72. The van der Waals surface area contributed by atoms with E-state index in [1.165, 1.54) is 24.3 Å². The van der Waals surface area contributed by atoms with Crippen LogP contribution in [-0.2, 0) is 12.6 Å². The first-order chi connectivity index (χ1) is 15.3. The zero-order valence-electron chi connectivity index (χ0n) is 16.6. The number of para-hydroxylation sites is 1. The fourth-order valence-electron chi connectivity index (χ4n) is 3.34. The minimum absolute atomic E-state index is 0.158. The lowest BCUT2D eigenvalue weighted by Gasteiger charge is -2.28. The normalized spacial score (nSPS) is 13.1. The molecule has 4 rings (SSSR count). The molecule has 0 N–H and O–H groups in total. The summed E-state index contributed by atoms with van der Waals surface area (Å²) in [5.41, 5.74) is 0.573. The number of anilines is 1. The lowest BCUT2D eigenvalue weighted by molar-refractivity contribution is -0.137. The first-order valence-corrected chi connectivity index (χ1v) is 9.67. The number of alkyl halides is 3. The molecule has 3 aromatic rings. The highest BCUT2D eigenvalue weighted by Gasteiger charge is 2.32. The van der Waals surface area contributed by atoms with Gasteiger partial charge in [-0.05, 0) is 54.8 Å². The molecule has 0 atom stereocenters. The van der Waals surface area contributed by atoms with Crippen LogP contribution >= 0.6 is 0 Å². The molecular formula is C23H16F3N3O3. The second-order valence-corrected chi connectivity index (χ2v) is 7.01. The van der Waals surface area contributed by atoms with Crippen molar-refractivity contribution in [3.63, 3.8) is 0 Å². The van der Waals surface area contributed by atoms with Crippen molar-refractivity contribution >= 4 is 11.8 Å². The quantitative estimate of drug-likeness (QED) is 0.522. The molecule has 1 aliphatic rings. The zero-order chi connectivity index (χ0) is 22.7. The summed E-state index contributed by atoms with van der Waals surface area (Å²) in [6, 6.07) is 15.8. The van der Waals surface area contributed by atoms with Gasteiger partial charge in [0.1, 0.15) is 17.6 Å². The number of aryl methyl sites for hydroxylation is 1. The molecule has 6 nitrogen and oxygen atoms in total. The van der Waals surface area contributed by atoms with E-state index in [2.05, 4.69) is 4.98 Å². The highest BCUT2D eigenvalue weighted by molar-refractivity contribution is 5.90. The van der Waals surface area contributed by atoms with E-state index in [1.54, 1.807) is 11.0 Å². The van der Waals surface area contributed by atoms with Crippen LogP contribution in [0.2, 0.25) is 0 Å². The van der Waals surface area contributed by atoms with Gasteiger partial charge in [0.15, 0.2) is 11.4 Å². The first kappa shape index (κ1) is 21.2. The Hall–Kier alpha value is -4.06. The van der Waals surface area contributed by atoms with Crippen LogP contribution in [0.25, 0.3) is 0 Å². The van der Waals surface area contributed by atoms with E-state index in [1.807, 2.05) is 24.3 Å². The topological polar surface area (TPSA) is 75.5 Å². The molecule has 0 fully saturated rings. The number of hydrogen-bond donors (Lipinski definition) is 0. The third-order valence-electron chi connectivity index (χ3n) is 4.87. The van der Waals surface area contributed by atoms with Gasteiger partial charge in [-0.15, -0.1) is 0 Å². The molecule has 0 unspecified atom stereocenters. The maximum absolute atomic E-state index is 12.9. The fraction of sp³-hybridized carbons (Fsp3) is 0.174. The van der Waals surface area contributed by atoms with Crippen molar-refractivity contribution in [1.29, 1.82) is 5.26 Å². The Morgan fingerprint density at radius 3 is 2.53 bits per heavy atom. The summed E-state index contributed by atoms with van der Waals surface area (Å²) < 4.78 is 49.7. The summed E-state index contributed by atoms with van der Waals surface area (Å²) in [4.78, 5) is 17.7. The second-order valence-electron chi connectivity index (χ2n) is 7.01. The van der Waals surface area contributed by atoms with Crippen molar-refractivity contribution in [2.45, 2.75) is 19.0 Å². The van der Waals surface area contributed by atoms with Gasteiger partial charge in [-0.1, -0.05) is 18.2 Å². The molecule has 0 spiro atoms. The molecule has 0 radical (unpaired) electrons. The number of hydrogen-bond acceptors (Lipinski definition) is 5. The summed E-state index contributed by atoms with van der Waals surface area (Å²) in [7, 11) is 0. The van der Waals surface area contributed by atoms with Gasteiger partial charge in [-0.25, -0.2) is 9.78 Å². The van der Waals surface area contributed by atoms with Crippen LogP contribution in [-0.4, -0.2) is 17.6 Å². The van der Waals surface area contributed by atoms with Crippen LogP contribution in [0.4, 0.5) is 23.7 Å². The minimum Gasteiger partial charge on any atom is -0.454 e. The van der Waals surface area contributed by atoms with E-state index in [0.717, 1.165) is 24.1 Å². The number of fused-ring (bicyclic) bond motifs is 1. The Labute approximate surface area is 181 Å². The van der Waals surface area contributed by atoms with E-state index >= 15 is 0 Å². The van der Waals surface area contributed by atoms with Gasteiger partial charge in [-0.2, -0.15) is 18.4 Å². The van der Waals surface area contributed by atoms with Crippen molar-refractivity contribution in [2.24, 2.45) is 0 Å². The van der Waals surface area contributed by atoms with Crippen molar-refractivity contribution in [2.75, 3.05) is 11.4 Å². The number of carbonyl (C=O) groups excluding carboxylic acids is 1. The molecule has 0 aliphatic carbocycles. The first-order valence-electron chi connectivity index (χ1n) is 9.67. The SMILES string of the molecule is N#Cc1ncc(C(F)(F)F)cc1Oc1ccc(OC(=O)N2CCCc3ccccc32)cc1. The number of aromatic nitrogens is 1. The summed E-state index contributed by atoms with van der Waals surface area (Å²) in [6.45, 7) is 0.538. The Balaban J connectivity index is 1.48. The number of nitrogens with zero attached hydrogens (tertiary/aromatic N) is 3. The summed E-state index contributed by atoms with van der Waals surface area (Å²) in [5, 5.41) is 9.09. The van der Waals surface area contributed by atoms with Gasteiger partial charge in [0.25, 0.3) is 0 Å². The monoisotopic (exact) mass is 439 g/mol. The minimum atomic E-state index is -4.62. The largest absolute Gasteiger partial charge is 0.454 e. The van der Waals surface area contributed by atoms with Gasteiger partial charge in [0, 0.05) is 12.7 Å².